The monoisotopic (exact) mass is 1170 g/mol. The van der Waals surface area contributed by atoms with E-state index in [1.165, 1.54) is 0 Å². The zero-order chi connectivity index (χ0) is 60.5. The third-order valence-corrected chi connectivity index (χ3v) is 18.7. The van der Waals surface area contributed by atoms with Crippen LogP contribution in [0.3, 0.4) is 0 Å². The summed E-state index contributed by atoms with van der Waals surface area (Å²) in [6.45, 7) is 29.2. The Morgan fingerprint density at radius 3 is 1.45 bits per heavy atom. The summed E-state index contributed by atoms with van der Waals surface area (Å²) in [5.41, 5.74) is 8.52. The van der Waals surface area contributed by atoms with Gasteiger partial charge in [0.15, 0.2) is 0 Å². The lowest BCUT2D eigenvalue weighted by molar-refractivity contribution is -0.226. The van der Waals surface area contributed by atoms with Crippen LogP contribution >= 0.6 is 0 Å². The lowest BCUT2D eigenvalue weighted by Gasteiger charge is -2.48. The summed E-state index contributed by atoms with van der Waals surface area (Å²) in [7, 11) is 0. The molecule has 7 aliphatic heterocycles. The smallest absolute Gasteiger partial charge is 0.0955 e. The van der Waals surface area contributed by atoms with Crippen LogP contribution in [0.25, 0.3) is 0 Å². The highest BCUT2D eigenvalue weighted by Crippen LogP contribution is 2.52. The van der Waals surface area contributed by atoms with Gasteiger partial charge in [-0.05, 0) is 108 Å². The second kappa shape index (κ2) is 25.4. The summed E-state index contributed by atoms with van der Waals surface area (Å²) >= 11 is 0. The van der Waals surface area contributed by atoms with Crippen LogP contribution < -0.4 is 5.32 Å². The first kappa shape index (κ1) is 62.0. The molecule has 11 rings (SSSR count). The minimum Gasteiger partial charge on any atom is -0.375 e. The van der Waals surface area contributed by atoms with Crippen LogP contribution in [-0.4, -0.2) is 96.4 Å². The van der Waals surface area contributed by atoms with Gasteiger partial charge in [0, 0.05) is 82.3 Å². The standard InChI is InChI=1S/C74H94N4O8/c1-49-59(79-43-51-25-17-13-18-26-51)36-61(81-45-53-29-21-15-22-30-53)67(85-49)73(11)41-56-33-55-39-72(10,48-84-70(6,7)8)64(75-55)38-66-74(12,42-58(78-66)34-63-71(9,47-83-69(3,4)5)40-57(76-63)35-65(73)77-56)68-62(82-46-54-31-23-16-24-32-54)37-60(50(2)86-68)80-44-52-27-19-14-20-28-52/h13-35,38,49-50,59-62,65,67-68,75H,36-37,39-48H2,1-12H3/b55-33-,57-35-,58-34-,64-38?/t49-,50-,59-,60-,61-,62-,65?,67-,68-,71?,72?,73-,74-/m1/s1. The maximum absolute atomic E-state index is 7.40. The predicted molar refractivity (Wildman–Crippen MR) is 342 cm³/mol. The predicted octanol–water partition coefficient (Wildman–Crippen LogP) is 14.8. The third kappa shape index (κ3) is 14.4. The van der Waals surface area contributed by atoms with Crippen LogP contribution in [0.1, 0.15) is 144 Å². The van der Waals surface area contributed by atoms with E-state index in [2.05, 4.69) is 210 Å². The highest BCUT2D eigenvalue weighted by molar-refractivity contribution is 6.07. The maximum Gasteiger partial charge on any atom is 0.0955 e. The lowest BCUT2D eigenvalue weighted by Crippen LogP contribution is -2.56. The number of hydrogen-bond acceptors (Lipinski definition) is 12. The molecule has 0 spiro atoms. The molecule has 4 aromatic rings. The molecule has 0 saturated carbocycles. The zero-order valence-corrected chi connectivity index (χ0v) is 53.1. The molecule has 0 aliphatic carbocycles. The van der Waals surface area contributed by atoms with Crippen LogP contribution in [0.5, 0.6) is 0 Å². The summed E-state index contributed by atoms with van der Waals surface area (Å²) in [6.07, 6.45) is 11.1. The molecular formula is C74H94N4O8. The number of nitrogens with zero attached hydrogens (tertiary/aromatic N) is 3. The van der Waals surface area contributed by atoms with Gasteiger partial charge in [0.2, 0.25) is 0 Å². The number of aliphatic imine (C=N–C) groups is 3. The summed E-state index contributed by atoms with van der Waals surface area (Å²) < 4.78 is 56.0. The van der Waals surface area contributed by atoms with Gasteiger partial charge in [-0.3, -0.25) is 15.0 Å². The molecule has 86 heavy (non-hydrogen) atoms. The normalized spacial score (nSPS) is 34.6. The van der Waals surface area contributed by atoms with E-state index in [-0.39, 0.29) is 66.1 Å². The van der Waals surface area contributed by atoms with Crippen LogP contribution in [0.2, 0.25) is 0 Å². The summed E-state index contributed by atoms with van der Waals surface area (Å²) in [4.78, 5) is 17.2. The van der Waals surface area contributed by atoms with Gasteiger partial charge in [0.05, 0.1) is 117 Å². The molecule has 0 radical (unpaired) electrons. The van der Waals surface area contributed by atoms with Gasteiger partial charge < -0.3 is 43.2 Å². The largest absolute Gasteiger partial charge is 0.375 e. The fourth-order valence-corrected chi connectivity index (χ4v) is 13.6. The second-order valence-corrected chi connectivity index (χ2v) is 28.6. The molecular weight excluding hydrogens is 1070 g/mol. The topological polar surface area (TPSA) is 123 Å². The van der Waals surface area contributed by atoms with E-state index in [1.54, 1.807) is 0 Å². The summed E-state index contributed by atoms with van der Waals surface area (Å²) in [5, 5.41) is 4.02. The van der Waals surface area contributed by atoms with E-state index < -0.39 is 21.7 Å². The Hall–Kier alpha value is -5.67. The van der Waals surface area contributed by atoms with Gasteiger partial charge >= 0.3 is 0 Å². The fourth-order valence-electron chi connectivity index (χ4n) is 13.6. The van der Waals surface area contributed by atoms with Crippen molar-refractivity contribution in [2.24, 2.45) is 36.6 Å². The number of fused-ring (bicyclic) bond motifs is 5. The van der Waals surface area contributed by atoms with Crippen molar-refractivity contribution in [2.75, 3.05) is 13.2 Å². The van der Waals surface area contributed by atoms with Crippen molar-refractivity contribution >= 4 is 17.1 Å². The van der Waals surface area contributed by atoms with E-state index >= 15 is 0 Å². The number of rotatable bonds is 18. The molecule has 12 heteroatoms. The molecule has 7 heterocycles. The van der Waals surface area contributed by atoms with Crippen LogP contribution in [0.15, 0.2) is 183 Å². The molecule has 3 fully saturated rings. The first-order valence-electron chi connectivity index (χ1n) is 31.6. The van der Waals surface area contributed by atoms with E-state index in [1.807, 2.05) is 24.3 Å². The van der Waals surface area contributed by atoms with Crippen molar-refractivity contribution < 1.29 is 37.9 Å². The maximum atomic E-state index is 7.40. The highest BCUT2D eigenvalue weighted by atomic mass is 16.6. The van der Waals surface area contributed by atoms with Gasteiger partial charge in [-0.2, -0.15) is 0 Å². The van der Waals surface area contributed by atoms with Gasteiger partial charge in [-0.15, -0.1) is 0 Å². The van der Waals surface area contributed by atoms with E-state index in [9.17, 15) is 0 Å². The van der Waals surface area contributed by atoms with E-state index in [0.717, 1.165) is 62.2 Å². The SMILES string of the molecule is C[C@H]1O[C@@H]([C@]2(C)C/C3=C/C4=NC(=C\C5N=C(/C=C6/CC(C)(COC(C)(C)C)C(=CC2=N3)N6)C[C@@]5(C)[C@@H]2O[C@H](C)[C@H](OCc3ccccc3)C[C@H]2OCc2ccccc2)/CC4(C)COC(C)(C)C)[C@H](OCc2ccccc2)C[C@H]1OCc1ccccc1. The quantitative estimate of drug-likeness (QED) is 0.104. The van der Waals surface area contributed by atoms with E-state index in [0.29, 0.717) is 78.2 Å². The Morgan fingerprint density at radius 1 is 0.500 bits per heavy atom. The Morgan fingerprint density at radius 2 is 0.953 bits per heavy atom. The summed E-state index contributed by atoms with van der Waals surface area (Å²) in [6, 6.07) is 41.3. The Balaban J connectivity index is 0.997. The zero-order valence-electron chi connectivity index (χ0n) is 53.1. The van der Waals surface area contributed by atoms with Crippen molar-refractivity contribution in [3.8, 4) is 0 Å². The minimum atomic E-state index is -0.643. The number of hydrogen-bond donors (Lipinski definition) is 1. The second-order valence-electron chi connectivity index (χ2n) is 28.6. The molecule has 3 unspecified atom stereocenters. The molecule has 4 aromatic carbocycles. The van der Waals surface area contributed by atoms with Gasteiger partial charge in [0.25, 0.3) is 0 Å². The average Bonchev–Trinajstić information content (AvgIpc) is 1.61. The molecule has 3 saturated heterocycles. The van der Waals surface area contributed by atoms with Crippen molar-refractivity contribution in [3.05, 3.63) is 191 Å². The number of allylic oxidation sites excluding steroid dienone is 6. The molecule has 0 amide bonds. The number of ether oxygens (including phenoxy) is 8. The molecule has 1 N–H and O–H groups in total. The third-order valence-electron chi connectivity index (χ3n) is 18.7. The lowest BCUT2D eigenvalue weighted by atomic mass is 9.71. The van der Waals surface area contributed by atoms with Crippen molar-refractivity contribution in [3.63, 3.8) is 0 Å². The average molecular weight is 1170 g/mol. The van der Waals surface area contributed by atoms with Gasteiger partial charge in [-0.1, -0.05) is 149 Å². The Kier molecular flexibility index (Phi) is 18.3. The molecule has 0 aromatic heterocycles. The Labute approximate surface area is 512 Å². The minimum absolute atomic E-state index is 0.178. The first-order chi connectivity index (χ1) is 41.0. The fraction of sp³-hybridized carbons (Fsp3) is 0.527. The van der Waals surface area contributed by atoms with Crippen LogP contribution in [0, 0.1) is 21.7 Å². The van der Waals surface area contributed by atoms with Gasteiger partial charge in [0.1, 0.15) is 0 Å². The van der Waals surface area contributed by atoms with Crippen molar-refractivity contribution in [1.29, 1.82) is 0 Å². The van der Waals surface area contributed by atoms with E-state index in [4.69, 9.17) is 52.9 Å². The van der Waals surface area contributed by atoms with Crippen molar-refractivity contribution in [1.82, 2.24) is 5.32 Å². The Bertz CT molecular complexity index is 3220. The molecule has 458 valence electrons. The molecule has 13 atom stereocenters. The number of nitrogens with one attached hydrogen (secondary N) is 1. The molecule has 12 nitrogen and oxygen atoms in total. The molecule has 8 bridgehead atoms. The summed E-state index contributed by atoms with van der Waals surface area (Å²) in [5.74, 6) is 0. The number of benzene rings is 4. The highest BCUT2D eigenvalue weighted by Gasteiger charge is 2.56. The van der Waals surface area contributed by atoms with Crippen molar-refractivity contribution in [2.45, 2.75) is 214 Å². The van der Waals surface area contributed by atoms with Crippen LogP contribution in [-0.2, 0) is 64.3 Å². The molecule has 7 aliphatic rings. The van der Waals surface area contributed by atoms with Gasteiger partial charge in [-0.25, -0.2) is 0 Å². The van der Waals surface area contributed by atoms with Crippen LogP contribution in [0.4, 0.5) is 0 Å². The first-order valence-corrected chi connectivity index (χ1v) is 31.6.